The Balaban J connectivity index is 2.00. The number of hydrogen-bond acceptors (Lipinski definition) is 4. The molecule has 134 valence electrons. The van der Waals surface area contributed by atoms with E-state index in [0.717, 1.165) is 5.39 Å². The molecule has 2 aromatic rings. The van der Waals surface area contributed by atoms with E-state index in [2.05, 4.69) is 4.98 Å². The highest BCUT2D eigenvalue weighted by Gasteiger charge is 2.17. The summed E-state index contributed by atoms with van der Waals surface area (Å²) in [6.07, 6.45) is 1.64. The molecule has 0 aliphatic carbocycles. The number of aromatic nitrogens is 1. The van der Waals surface area contributed by atoms with Crippen LogP contribution in [0, 0.1) is 0 Å². The van der Waals surface area contributed by atoms with E-state index in [1.54, 1.807) is 36.3 Å². The second kappa shape index (κ2) is 8.67. The number of hydrogen-bond donors (Lipinski definition) is 0. The van der Waals surface area contributed by atoms with Crippen LogP contribution in [0.15, 0.2) is 30.5 Å². The quantitative estimate of drug-likeness (QED) is 0.758. The lowest BCUT2D eigenvalue weighted by atomic mass is 10.2. The summed E-state index contributed by atoms with van der Waals surface area (Å²) in [5.41, 5.74) is 0.602. The van der Waals surface area contributed by atoms with Gasteiger partial charge in [0.25, 0.3) is 5.91 Å². The van der Waals surface area contributed by atoms with Crippen LogP contribution in [-0.4, -0.2) is 59.9 Å². The first kappa shape index (κ1) is 19.0. The average Bonchev–Trinajstić information content (AvgIpc) is 2.62. The zero-order valence-corrected chi connectivity index (χ0v) is 15.4. The van der Waals surface area contributed by atoms with Crippen molar-refractivity contribution in [2.75, 3.05) is 33.3 Å². The van der Waals surface area contributed by atoms with Crippen LogP contribution < -0.4 is 4.74 Å². The van der Waals surface area contributed by atoms with Crippen LogP contribution in [0.5, 0.6) is 5.75 Å². The Morgan fingerprint density at radius 3 is 2.56 bits per heavy atom. The Hall–Kier alpha value is -2.34. The second-order valence-corrected chi connectivity index (χ2v) is 5.96. The van der Waals surface area contributed by atoms with Gasteiger partial charge in [-0.1, -0.05) is 11.6 Å². The third-order valence-electron chi connectivity index (χ3n) is 3.94. The van der Waals surface area contributed by atoms with Crippen molar-refractivity contribution in [3.8, 4) is 5.75 Å². The van der Waals surface area contributed by atoms with Crippen LogP contribution in [0.2, 0.25) is 5.02 Å². The maximum Gasteiger partial charge on any atom is 0.260 e. The number of nitrogens with zero attached hydrogens (tertiary/aromatic N) is 3. The van der Waals surface area contributed by atoms with Gasteiger partial charge in [0.2, 0.25) is 5.91 Å². The fraction of sp³-hybridized carbons (Fsp3) is 0.389. The number of carbonyl (C=O) groups excluding carboxylic acids is 2. The molecule has 0 N–H and O–H groups in total. The molecule has 0 saturated heterocycles. The van der Waals surface area contributed by atoms with Gasteiger partial charge in [-0.15, -0.1) is 0 Å². The minimum Gasteiger partial charge on any atom is -0.481 e. The lowest BCUT2D eigenvalue weighted by Gasteiger charge is -2.23. The molecule has 0 saturated carbocycles. The molecule has 0 atom stereocenters. The van der Waals surface area contributed by atoms with E-state index >= 15 is 0 Å². The van der Waals surface area contributed by atoms with Crippen molar-refractivity contribution < 1.29 is 14.3 Å². The van der Waals surface area contributed by atoms with Gasteiger partial charge in [-0.2, -0.15) is 0 Å². The number of pyridine rings is 1. The molecule has 0 unspecified atom stereocenters. The van der Waals surface area contributed by atoms with E-state index in [1.807, 2.05) is 19.9 Å². The Bertz CT molecular complexity index is 762. The lowest BCUT2D eigenvalue weighted by molar-refractivity contribution is -0.140. The topological polar surface area (TPSA) is 62.7 Å². The molecule has 0 aliphatic heterocycles. The van der Waals surface area contributed by atoms with Crippen molar-refractivity contribution in [1.29, 1.82) is 0 Å². The molecule has 1 aromatic heterocycles. The van der Waals surface area contributed by atoms with E-state index in [-0.39, 0.29) is 25.0 Å². The third-order valence-corrected chi connectivity index (χ3v) is 4.27. The maximum atomic E-state index is 12.2. The molecule has 0 spiro atoms. The first-order chi connectivity index (χ1) is 12.0. The molecule has 7 heteroatoms. The summed E-state index contributed by atoms with van der Waals surface area (Å²) < 4.78 is 5.61. The van der Waals surface area contributed by atoms with Crippen LogP contribution in [0.3, 0.4) is 0 Å². The van der Waals surface area contributed by atoms with Crippen molar-refractivity contribution >= 4 is 34.3 Å². The first-order valence-electron chi connectivity index (χ1n) is 8.15. The number of amides is 2. The fourth-order valence-corrected chi connectivity index (χ4v) is 2.66. The first-order valence-corrected chi connectivity index (χ1v) is 8.53. The summed E-state index contributed by atoms with van der Waals surface area (Å²) in [5.74, 6) is 0.121. The molecule has 2 rings (SSSR count). The third kappa shape index (κ3) is 4.60. The van der Waals surface area contributed by atoms with E-state index in [1.165, 1.54) is 4.90 Å². The summed E-state index contributed by atoms with van der Waals surface area (Å²) in [4.78, 5) is 31.6. The van der Waals surface area contributed by atoms with Crippen LogP contribution in [-0.2, 0) is 9.59 Å². The lowest BCUT2D eigenvalue weighted by Crippen LogP contribution is -2.42. The highest BCUT2D eigenvalue weighted by Crippen LogP contribution is 2.29. The smallest absolute Gasteiger partial charge is 0.260 e. The number of likely N-dealkylation sites (N-methyl/N-ethyl adjacent to an activating group) is 2. The van der Waals surface area contributed by atoms with Crippen molar-refractivity contribution in [2.24, 2.45) is 0 Å². The molecule has 1 aromatic carbocycles. The minimum atomic E-state index is -0.278. The van der Waals surface area contributed by atoms with E-state index < -0.39 is 0 Å². The molecule has 2 amide bonds. The van der Waals surface area contributed by atoms with Crippen LogP contribution in [0.4, 0.5) is 0 Å². The Kier molecular flexibility index (Phi) is 6.58. The van der Waals surface area contributed by atoms with Crippen molar-refractivity contribution in [3.05, 3.63) is 35.5 Å². The monoisotopic (exact) mass is 363 g/mol. The fourth-order valence-electron chi connectivity index (χ4n) is 2.45. The number of benzene rings is 1. The number of halogens is 1. The van der Waals surface area contributed by atoms with Gasteiger partial charge < -0.3 is 14.5 Å². The summed E-state index contributed by atoms with van der Waals surface area (Å²) >= 11 is 6.14. The number of fused-ring (bicyclic) bond motifs is 1. The van der Waals surface area contributed by atoms with E-state index in [4.69, 9.17) is 16.3 Å². The Morgan fingerprint density at radius 1 is 1.16 bits per heavy atom. The average molecular weight is 364 g/mol. The van der Waals surface area contributed by atoms with E-state index in [0.29, 0.717) is 29.4 Å². The minimum absolute atomic E-state index is 0.0312. The van der Waals surface area contributed by atoms with Gasteiger partial charge in [0.1, 0.15) is 11.3 Å². The van der Waals surface area contributed by atoms with E-state index in [9.17, 15) is 9.59 Å². The van der Waals surface area contributed by atoms with Crippen LogP contribution in [0.1, 0.15) is 13.8 Å². The Morgan fingerprint density at radius 2 is 1.88 bits per heavy atom. The summed E-state index contributed by atoms with van der Waals surface area (Å²) in [5, 5.41) is 1.34. The molecule has 0 radical (unpaired) electrons. The molecule has 25 heavy (non-hydrogen) atoms. The molecular formula is C18H22ClN3O3. The number of ether oxygens (including phenoxy) is 1. The molecule has 1 heterocycles. The predicted octanol–water partition coefficient (Wildman–Crippen LogP) is 2.59. The van der Waals surface area contributed by atoms with Crippen molar-refractivity contribution in [3.63, 3.8) is 0 Å². The van der Waals surface area contributed by atoms with Crippen LogP contribution >= 0.6 is 11.6 Å². The summed E-state index contributed by atoms with van der Waals surface area (Å²) in [6.45, 7) is 4.92. The molecule has 0 bridgehead atoms. The zero-order chi connectivity index (χ0) is 18.4. The van der Waals surface area contributed by atoms with Gasteiger partial charge in [0.05, 0.1) is 11.6 Å². The SMILES string of the molecule is CCN(CC)C(=O)CN(C)C(=O)COc1ccc(Cl)c2cccnc12. The highest BCUT2D eigenvalue weighted by molar-refractivity contribution is 6.35. The summed E-state index contributed by atoms with van der Waals surface area (Å²) in [7, 11) is 1.59. The van der Waals surface area contributed by atoms with Gasteiger partial charge in [0.15, 0.2) is 6.61 Å². The van der Waals surface area contributed by atoms with Gasteiger partial charge in [-0.05, 0) is 38.1 Å². The largest absolute Gasteiger partial charge is 0.481 e. The maximum absolute atomic E-state index is 12.2. The molecule has 0 fully saturated rings. The van der Waals surface area contributed by atoms with Crippen LogP contribution in [0.25, 0.3) is 10.9 Å². The molecular weight excluding hydrogens is 342 g/mol. The predicted molar refractivity (Wildman–Crippen MR) is 97.8 cm³/mol. The zero-order valence-electron chi connectivity index (χ0n) is 14.7. The number of rotatable bonds is 7. The van der Waals surface area contributed by atoms with Gasteiger partial charge in [-0.3, -0.25) is 14.6 Å². The summed E-state index contributed by atoms with van der Waals surface area (Å²) in [6, 6.07) is 7.02. The van der Waals surface area contributed by atoms with Gasteiger partial charge >= 0.3 is 0 Å². The normalized spacial score (nSPS) is 10.6. The Labute approximate surface area is 152 Å². The van der Waals surface area contributed by atoms with Crippen molar-refractivity contribution in [1.82, 2.24) is 14.8 Å². The standard InChI is InChI=1S/C18H22ClN3O3/c1-4-22(5-2)16(23)11-21(3)17(24)12-25-15-9-8-14(19)13-7-6-10-20-18(13)15/h6-10H,4-5,11-12H2,1-3H3. The molecule has 6 nitrogen and oxygen atoms in total. The second-order valence-electron chi connectivity index (χ2n) is 5.55. The number of carbonyl (C=O) groups is 2. The van der Waals surface area contributed by atoms with Gasteiger partial charge in [-0.25, -0.2) is 0 Å². The van der Waals surface area contributed by atoms with Gasteiger partial charge in [0, 0.05) is 31.7 Å². The molecule has 0 aliphatic rings. The highest BCUT2D eigenvalue weighted by atomic mass is 35.5. The van der Waals surface area contributed by atoms with Crippen molar-refractivity contribution in [2.45, 2.75) is 13.8 Å².